The van der Waals surface area contributed by atoms with Gasteiger partial charge in [0.05, 0.1) is 5.41 Å². The maximum atomic E-state index is 10.8. The van der Waals surface area contributed by atoms with Crippen LogP contribution in [0.15, 0.2) is 23.3 Å². The molecule has 0 unspecified atom stereocenters. The molecule has 0 bridgehead atoms. The molecule has 0 spiro atoms. The van der Waals surface area contributed by atoms with E-state index in [4.69, 9.17) is 0 Å². The Kier molecular flexibility index (Phi) is 3.74. The van der Waals surface area contributed by atoms with Gasteiger partial charge in [0.15, 0.2) is 0 Å². The minimum Gasteiger partial charge on any atom is -0.389 e. The second kappa shape index (κ2) is 4.79. The maximum absolute atomic E-state index is 10.8. The van der Waals surface area contributed by atoms with E-state index in [-0.39, 0.29) is 5.57 Å². The Bertz CT molecular complexity index is 513. The van der Waals surface area contributed by atoms with Crippen molar-refractivity contribution in [1.82, 2.24) is 0 Å². The number of rotatable bonds is 0. The lowest BCUT2D eigenvalue weighted by molar-refractivity contribution is -0.155. The van der Waals surface area contributed by atoms with Crippen LogP contribution in [0.3, 0.4) is 0 Å². The van der Waals surface area contributed by atoms with Crippen molar-refractivity contribution in [2.24, 2.45) is 5.41 Å². The van der Waals surface area contributed by atoms with Crippen LogP contribution in [0.5, 0.6) is 0 Å². The molecular weight excluding hydrogens is 252 g/mol. The van der Waals surface area contributed by atoms with Gasteiger partial charge in [-0.1, -0.05) is 6.58 Å². The Morgan fingerprint density at radius 2 is 1.26 bits per heavy atom. The fourth-order valence-electron chi connectivity index (χ4n) is 1.20. The zero-order valence-electron chi connectivity index (χ0n) is 11.2. The zero-order chi connectivity index (χ0) is 15.0. The van der Waals surface area contributed by atoms with Crippen LogP contribution in [0.1, 0.15) is 27.7 Å². The van der Waals surface area contributed by atoms with Crippen molar-refractivity contribution in [1.29, 1.82) is 0 Å². The van der Waals surface area contributed by atoms with Gasteiger partial charge in [-0.3, -0.25) is 4.79 Å². The summed E-state index contributed by atoms with van der Waals surface area (Å²) in [4.78, 5) is 42.5. The van der Waals surface area contributed by atoms with Crippen molar-refractivity contribution < 1.29 is 28.7 Å². The summed E-state index contributed by atoms with van der Waals surface area (Å²) in [6.07, 6.45) is 0. The van der Waals surface area contributed by atoms with Gasteiger partial charge in [-0.2, -0.15) is 0 Å². The summed E-state index contributed by atoms with van der Waals surface area (Å²) < 4.78 is 8.55. The molecule has 2 heterocycles. The Balaban J connectivity index is 0.000000191. The quantitative estimate of drug-likeness (QED) is 0.370. The van der Waals surface area contributed by atoms with Gasteiger partial charge in [0.1, 0.15) is 0 Å². The molecule has 6 nitrogen and oxygen atoms in total. The molecule has 0 aliphatic carbocycles. The number of hydrogen-bond donors (Lipinski definition) is 0. The summed E-state index contributed by atoms with van der Waals surface area (Å²) in [5.74, 6) is -2.15. The monoisotopic (exact) mass is 266 g/mol. The summed E-state index contributed by atoms with van der Waals surface area (Å²) in [6, 6.07) is 0. The summed E-state index contributed by atoms with van der Waals surface area (Å²) >= 11 is 0. The Labute approximate surface area is 110 Å². The number of carbonyl (C=O) groups excluding carboxylic acids is 4. The number of carbonyl (C=O) groups is 4. The van der Waals surface area contributed by atoms with E-state index in [0.29, 0.717) is 11.1 Å². The molecular formula is C13H14O6. The molecule has 0 amide bonds. The van der Waals surface area contributed by atoms with Crippen LogP contribution in [0.25, 0.3) is 0 Å². The fraction of sp³-hybridized carbons (Fsp3) is 0.385. The Morgan fingerprint density at radius 1 is 0.842 bits per heavy atom. The third kappa shape index (κ3) is 2.62. The van der Waals surface area contributed by atoms with Crippen LogP contribution in [0.2, 0.25) is 0 Å². The van der Waals surface area contributed by atoms with Crippen LogP contribution >= 0.6 is 0 Å². The first-order chi connectivity index (χ1) is 8.59. The van der Waals surface area contributed by atoms with E-state index in [2.05, 4.69) is 16.1 Å². The third-order valence-corrected chi connectivity index (χ3v) is 3.06. The van der Waals surface area contributed by atoms with E-state index in [1.165, 1.54) is 0 Å². The van der Waals surface area contributed by atoms with Crippen molar-refractivity contribution in [3.05, 3.63) is 23.3 Å². The predicted octanol–water partition coefficient (Wildman–Crippen LogP) is 1.06. The Morgan fingerprint density at radius 3 is 1.37 bits per heavy atom. The van der Waals surface area contributed by atoms with Crippen molar-refractivity contribution in [3.63, 3.8) is 0 Å². The smallest absolute Gasteiger partial charge is 0.342 e. The minimum absolute atomic E-state index is 0.234. The van der Waals surface area contributed by atoms with Gasteiger partial charge in [-0.15, -0.1) is 0 Å². The van der Waals surface area contributed by atoms with Crippen molar-refractivity contribution >= 4 is 23.9 Å². The second-order valence-electron chi connectivity index (χ2n) is 4.71. The van der Waals surface area contributed by atoms with Crippen molar-refractivity contribution in [3.8, 4) is 0 Å². The molecule has 2 aliphatic rings. The molecule has 0 radical (unpaired) electrons. The van der Waals surface area contributed by atoms with Crippen LogP contribution < -0.4 is 0 Å². The molecule has 19 heavy (non-hydrogen) atoms. The van der Waals surface area contributed by atoms with Crippen molar-refractivity contribution in [2.75, 3.05) is 0 Å². The normalized spacial score (nSPS) is 21.2. The number of cyclic esters (lactones) is 4. The highest BCUT2D eigenvalue weighted by molar-refractivity contribution is 6.11. The first-order valence-corrected chi connectivity index (χ1v) is 5.49. The van der Waals surface area contributed by atoms with Gasteiger partial charge in [-0.05, 0) is 27.7 Å². The van der Waals surface area contributed by atoms with E-state index in [9.17, 15) is 19.2 Å². The molecule has 0 N–H and O–H groups in total. The molecule has 102 valence electrons. The number of ether oxygens (including phenoxy) is 2. The zero-order valence-corrected chi connectivity index (χ0v) is 11.2. The van der Waals surface area contributed by atoms with Gasteiger partial charge in [0.2, 0.25) is 0 Å². The number of esters is 4. The molecule has 0 saturated carbocycles. The highest BCUT2D eigenvalue weighted by Gasteiger charge is 2.44. The highest BCUT2D eigenvalue weighted by Crippen LogP contribution is 2.33. The summed E-state index contributed by atoms with van der Waals surface area (Å²) in [7, 11) is 0. The minimum atomic E-state index is -0.822. The van der Waals surface area contributed by atoms with E-state index in [1.807, 2.05) is 0 Å². The first kappa shape index (κ1) is 14.8. The van der Waals surface area contributed by atoms with Gasteiger partial charge in [0, 0.05) is 16.7 Å². The average Bonchev–Trinajstić information content (AvgIpc) is 2.64. The standard InChI is InChI=1S/C7H8O3.C6H6O3/c1-4-5(8)10-6(9)7(4,2)3;1-3-4(2)6(8)9-5(3)7/h1H2,2-3H3;1-2H3. The molecule has 0 aromatic rings. The Hall–Kier alpha value is -2.24. The molecule has 0 aromatic heterocycles. The lowest BCUT2D eigenvalue weighted by Crippen LogP contribution is -2.18. The first-order valence-electron chi connectivity index (χ1n) is 5.49. The van der Waals surface area contributed by atoms with Gasteiger partial charge < -0.3 is 9.47 Å². The topological polar surface area (TPSA) is 86.7 Å². The lowest BCUT2D eigenvalue weighted by Gasteiger charge is -2.09. The van der Waals surface area contributed by atoms with E-state index in [0.717, 1.165) is 0 Å². The van der Waals surface area contributed by atoms with Crippen LogP contribution in [0.4, 0.5) is 0 Å². The van der Waals surface area contributed by atoms with E-state index >= 15 is 0 Å². The predicted molar refractivity (Wildman–Crippen MR) is 63.5 cm³/mol. The number of hydrogen-bond acceptors (Lipinski definition) is 6. The second-order valence-corrected chi connectivity index (χ2v) is 4.71. The molecule has 0 atom stereocenters. The van der Waals surface area contributed by atoms with Gasteiger partial charge in [-0.25, -0.2) is 14.4 Å². The average molecular weight is 266 g/mol. The van der Waals surface area contributed by atoms with E-state index < -0.39 is 29.3 Å². The lowest BCUT2D eigenvalue weighted by atomic mass is 9.88. The molecule has 2 aliphatic heterocycles. The van der Waals surface area contributed by atoms with Crippen LogP contribution in [-0.4, -0.2) is 23.9 Å². The maximum Gasteiger partial charge on any atom is 0.342 e. The SMILES string of the molecule is C=C1C(=O)OC(=O)C1(C)C.CC1=C(C)C(=O)OC1=O. The largest absolute Gasteiger partial charge is 0.389 e. The fourth-order valence-corrected chi connectivity index (χ4v) is 1.20. The van der Waals surface area contributed by atoms with Gasteiger partial charge in [0.25, 0.3) is 0 Å². The molecule has 2 rings (SSSR count). The summed E-state index contributed by atoms with van der Waals surface area (Å²) in [5.41, 5.74) is 0.245. The summed E-state index contributed by atoms with van der Waals surface area (Å²) in [5, 5.41) is 0. The van der Waals surface area contributed by atoms with E-state index in [1.54, 1.807) is 27.7 Å². The summed E-state index contributed by atoms with van der Waals surface area (Å²) in [6.45, 7) is 9.81. The molecule has 1 saturated heterocycles. The molecule has 6 heteroatoms. The van der Waals surface area contributed by atoms with Crippen LogP contribution in [0, 0.1) is 5.41 Å². The van der Waals surface area contributed by atoms with Gasteiger partial charge >= 0.3 is 23.9 Å². The highest BCUT2D eigenvalue weighted by atomic mass is 16.6. The molecule has 1 fully saturated rings. The van der Waals surface area contributed by atoms with Crippen molar-refractivity contribution in [2.45, 2.75) is 27.7 Å². The van der Waals surface area contributed by atoms with Crippen LogP contribution in [-0.2, 0) is 28.7 Å². The third-order valence-electron chi connectivity index (χ3n) is 3.06. The molecule has 0 aromatic carbocycles.